The molecule has 1 rings (SSSR count). The monoisotopic (exact) mass is 244 g/mol. The summed E-state index contributed by atoms with van der Waals surface area (Å²) in [6.45, 7) is 1.77. The van der Waals surface area contributed by atoms with Gasteiger partial charge in [0, 0.05) is 12.0 Å². The van der Waals surface area contributed by atoms with Crippen LogP contribution in [0.5, 0.6) is 11.5 Å². The number of aryl methyl sites for hydroxylation is 1. The molecule has 0 radical (unpaired) electrons. The van der Waals surface area contributed by atoms with Crippen molar-refractivity contribution in [3.05, 3.63) is 22.2 Å². The minimum Gasteiger partial charge on any atom is -0.504 e. The highest BCUT2D eigenvalue weighted by Crippen LogP contribution is 2.39. The molecule has 0 spiro atoms. The molecule has 0 aliphatic heterocycles. The van der Waals surface area contributed by atoms with Gasteiger partial charge in [0.25, 0.3) is 0 Å². The van der Waals surface area contributed by atoms with Crippen LogP contribution in [0.25, 0.3) is 0 Å². The standard InChI is InChI=1S/C11H13ClO4/c1-6-5-8(12)11(16-2)10(15)7(6)3-4-9(13)14/h5,15H,3-4H2,1-2H3,(H,13,14). The normalized spacial score (nSPS) is 10.2. The van der Waals surface area contributed by atoms with E-state index in [1.807, 2.05) is 0 Å². The summed E-state index contributed by atoms with van der Waals surface area (Å²) < 4.78 is 4.95. The lowest BCUT2D eigenvalue weighted by atomic mass is 10.0. The van der Waals surface area contributed by atoms with Gasteiger partial charge in [-0.2, -0.15) is 0 Å². The summed E-state index contributed by atoms with van der Waals surface area (Å²) in [4.78, 5) is 10.5. The van der Waals surface area contributed by atoms with Gasteiger partial charge < -0.3 is 14.9 Å². The lowest BCUT2D eigenvalue weighted by Gasteiger charge is -2.12. The Labute approximate surface area is 98.4 Å². The molecule has 1 aromatic carbocycles. The number of halogens is 1. The average molecular weight is 245 g/mol. The molecule has 0 saturated carbocycles. The second-order valence-electron chi connectivity index (χ2n) is 3.43. The topological polar surface area (TPSA) is 66.8 Å². The zero-order chi connectivity index (χ0) is 12.3. The van der Waals surface area contributed by atoms with Crippen LogP contribution in [-0.2, 0) is 11.2 Å². The Morgan fingerprint density at radius 3 is 2.69 bits per heavy atom. The second kappa shape index (κ2) is 5.07. The number of aliphatic carboxylic acids is 1. The number of carboxylic acid groups (broad SMARTS) is 1. The van der Waals surface area contributed by atoms with Crippen LogP contribution in [0.3, 0.4) is 0 Å². The molecule has 0 aliphatic carbocycles. The molecule has 0 amide bonds. The van der Waals surface area contributed by atoms with Gasteiger partial charge in [-0.25, -0.2) is 0 Å². The first-order valence-corrected chi connectivity index (χ1v) is 5.12. The molecular formula is C11H13ClO4. The third kappa shape index (κ3) is 2.58. The van der Waals surface area contributed by atoms with Gasteiger partial charge in [0.15, 0.2) is 11.5 Å². The smallest absolute Gasteiger partial charge is 0.303 e. The number of carbonyl (C=O) groups is 1. The molecule has 0 aliphatic rings. The van der Waals surface area contributed by atoms with Gasteiger partial charge >= 0.3 is 5.97 Å². The Kier molecular flexibility index (Phi) is 4.01. The van der Waals surface area contributed by atoms with Crippen molar-refractivity contribution in [2.75, 3.05) is 7.11 Å². The van der Waals surface area contributed by atoms with Crippen LogP contribution in [0.15, 0.2) is 6.07 Å². The summed E-state index contributed by atoms with van der Waals surface area (Å²) >= 11 is 5.87. The van der Waals surface area contributed by atoms with E-state index in [0.29, 0.717) is 10.6 Å². The highest BCUT2D eigenvalue weighted by atomic mass is 35.5. The Morgan fingerprint density at radius 2 is 2.19 bits per heavy atom. The fourth-order valence-corrected chi connectivity index (χ4v) is 1.85. The largest absolute Gasteiger partial charge is 0.504 e. The van der Waals surface area contributed by atoms with Gasteiger partial charge in [0.2, 0.25) is 0 Å². The highest BCUT2D eigenvalue weighted by Gasteiger charge is 2.15. The van der Waals surface area contributed by atoms with Crippen LogP contribution in [0.4, 0.5) is 0 Å². The number of benzene rings is 1. The quantitative estimate of drug-likeness (QED) is 0.853. The molecule has 4 nitrogen and oxygen atoms in total. The molecular weight excluding hydrogens is 232 g/mol. The molecule has 0 bridgehead atoms. The molecule has 88 valence electrons. The number of ether oxygens (including phenoxy) is 1. The van der Waals surface area contributed by atoms with Crippen molar-refractivity contribution < 1.29 is 19.7 Å². The lowest BCUT2D eigenvalue weighted by Crippen LogP contribution is -2.00. The third-order valence-corrected chi connectivity index (χ3v) is 2.61. The summed E-state index contributed by atoms with van der Waals surface area (Å²) in [5, 5.41) is 18.8. The van der Waals surface area contributed by atoms with E-state index in [2.05, 4.69) is 0 Å². The molecule has 0 atom stereocenters. The molecule has 16 heavy (non-hydrogen) atoms. The van der Waals surface area contributed by atoms with Crippen LogP contribution >= 0.6 is 11.6 Å². The second-order valence-corrected chi connectivity index (χ2v) is 3.84. The summed E-state index contributed by atoms with van der Waals surface area (Å²) in [5.41, 5.74) is 1.31. The lowest BCUT2D eigenvalue weighted by molar-refractivity contribution is -0.136. The number of methoxy groups -OCH3 is 1. The zero-order valence-electron chi connectivity index (χ0n) is 9.08. The van der Waals surface area contributed by atoms with E-state index in [9.17, 15) is 9.90 Å². The van der Waals surface area contributed by atoms with Gasteiger partial charge in [-0.3, -0.25) is 4.79 Å². The van der Waals surface area contributed by atoms with E-state index in [1.165, 1.54) is 7.11 Å². The predicted molar refractivity (Wildman–Crippen MR) is 60.4 cm³/mol. The minimum atomic E-state index is -0.910. The first kappa shape index (κ1) is 12.6. The Bertz CT molecular complexity index is 415. The maximum atomic E-state index is 10.5. The first-order valence-electron chi connectivity index (χ1n) is 4.74. The maximum absolute atomic E-state index is 10.5. The van der Waals surface area contributed by atoms with Crippen molar-refractivity contribution in [2.24, 2.45) is 0 Å². The van der Waals surface area contributed by atoms with Gasteiger partial charge in [-0.1, -0.05) is 11.6 Å². The number of hydrogen-bond donors (Lipinski definition) is 2. The SMILES string of the molecule is COc1c(Cl)cc(C)c(CCC(=O)O)c1O. The molecule has 1 aromatic rings. The van der Waals surface area contributed by atoms with Crippen molar-refractivity contribution in [3.8, 4) is 11.5 Å². The average Bonchev–Trinajstić information content (AvgIpc) is 2.16. The summed E-state index contributed by atoms with van der Waals surface area (Å²) in [7, 11) is 1.40. The molecule has 0 unspecified atom stereocenters. The first-order chi connectivity index (χ1) is 7.47. The van der Waals surface area contributed by atoms with Gasteiger partial charge in [-0.05, 0) is 25.0 Å². The van der Waals surface area contributed by atoms with Crippen LogP contribution in [0, 0.1) is 6.92 Å². The van der Waals surface area contributed by atoms with Crippen molar-refractivity contribution in [1.82, 2.24) is 0 Å². The van der Waals surface area contributed by atoms with Crippen LogP contribution in [-0.4, -0.2) is 23.3 Å². The van der Waals surface area contributed by atoms with E-state index < -0.39 is 5.97 Å². The molecule has 5 heteroatoms. The molecule has 0 fully saturated rings. The predicted octanol–water partition coefficient (Wildman–Crippen LogP) is 2.38. The van der Waals surface area contributed by atoms with E-state index in [-0.39, 0.29) is 24.3 Å². The zero-order valence-corrected chi connectivity index (χ0v) is 9.84. The van der Waals surface area contributed by atoms with E-state index in [0.717, 1.165) is 5.56 Å². The highest BCUT2D eigenvalue weighted by molar-refractivity contribution is 6.32. The van der Waals surface area contributed by atoms with Gasteiger partial charge in [0.05, 0.1) is 12.1 Å². The number of rotatable bonds is 4. The Hall–Kier alpha value is -1.42. The number of aromatic hydroxyl groups is 1. The summed E-state index contributed by atoms with van der Waals surface area (Å²) in [6, 6.07) is 1.65. The third-order valence-electron chi connectivity index (χ3n) is 2.33. The van der Waals surface area contributed by atoms with Gasteiger partial charge in [0.1, 0.15) is 0 Å². The van der Waals surface area contributed by atoms with Crippen molar-refractivity contribution in [1.29, 1.82) is 0 Å². The van der Waals surface area contributed by atoms with E-state index in [4.69, 9.17) is 21.4 Å². The van der Waals surface area contributed by atoms with Crippen LogP contribution < -0.4 is 4.74 Å². The van der Waals surface area contributed by atoms with Crippen molar-refractivity contribution >= 4 is 17.6 Å². The maximum Gasteiger partial charge on any atom is 0.303 e. The number of hydrogen-bond acceptors (Lipinski definition) is 3. The molecule has 0 aromatic heterocycles. The van der Waals surface area contributed by atoms with Crippen LogP contribution in [0.2, 0.25) is 5.02 Å². The minimum absolute atomic E-state index is 0.0425. The summed E-state index contributed by atoms with van der Waals surface area (Å²) in [6.07, 6.45) is 0.208. The fourth-order valence-electron chi connectivity index (χ4n) is 1.52. The number of phenolic OH excluding ortho intramolecular Hbond substituents is 1. The molecule has 2 N–H and O–H groups in total. The molecule has 0 saturated heterocycles. The summed E-state index contributed by atoms with van der Waals surface area (Å²) in [5.74, 6) is -0.797. The van der Waals surface area contributed by atoms with Crippen molar-refractivity contribution in [2.45, 2.75) is 19.8 Å². The van der Waals surface area contributed by atoms with E-state index >= 15 is 0 Å². The Balaban J connectivity index is 3.12. The Morgan fingerprint density at radius 1 is 1.56 bits per heavy atom. The van der Waals surface area contributed by atoms with Crippen LogP contribution in [0.1, 0.15) is 17.5 Å². The van der Waals surface area contributed by atoms with Crippen molar-refractivity contribution in [3.63, 3.8) is 0 Å². The van der Waals surface area contributed by atoms with E-state index in [1.54, 1.807) is 13.0 Å². The fraction of sp³-hybridized carbons (Fsp3) is 0.364. The molecule has 0 heterocycles. The number of carboxylic acids is 1. The van der Waals surface area contributed by atoms with Gasteiger partial charge in [-0.15, -0.1) is 0 Å². The number of phenols is 1.